The molecule has 2 aromatic carbocycles. The van der Waals surface area contributed by atoms with Crippen molar-refractivity contribution in [3.8, 4) is 28.8 Å². The Balaban J connectivity index is 1.50. The number of hydrogen-bond acceptors (Lipinski definition) is 7. The Hall–Kier alpha value is -3.63. The summed E-state index contributed by atoms with van der Waals surface area (Å²) in [5, 5.41) is 16.9. The largest absolute Gasteiger partial charge is 0.497 e. The number of rotatable bonds is 7. The molecule has 0 atom stereocenters. The summed E-state index contributed by atoms with van der Waals surface area (Å²) in [7, 11) is 3.28. The number of aromatic nitrogens is 2. The van der Waals surface area contributed by atoms with Crippen LogP contribution in [0.1, 0.15) is 10.6 Å². The zero-order valence-electron chi connectivity index (χ0n) is 16.7. The zero-order valence-corrected chi connectivity index (χ0v) is 17.5. The second-order valence-corrected chi connectivity index (χ2v) is 7.52. The van der Waals surface area contributed by atoms with Gasteiger partial charge in [-0.1, -0.05) is 0 Å². The molecular weight excluding hydrogens is 396 g/mol. The predicted octanol–water partition coefficient (Wildman–Crippen LogP) is 4.90. The van der Waals surface area contributed by atoms with Gasteiger partial charge < -0.3 is 14.8 Å². The van der Waals surface area contributed by atoms with E-state index in [2.05, 4.69) is 21.8 Å². The van der Waals surface area contributed by atoms with Gasteiger partial charge in [0.05, 0.1) is 41.7 Å². The van der Waals surface area contributed by atoms with Gasteiger partial charge in [-0.3, -0.25) is 4.98 Å². The van der Waals surface area contributed by atoms with Gasteiger partial charge in [0.1, 0.15) is 17.6 Å². The Kier molecular flexibility index (Phi) is 5.77. The van der Waals surface area contributed by atoms with Gasteiger partial charge in [0, 0.05) is 35.5 Å². The lowest BCUT2D eigenvalue weighted by molar-refractivity contribution is 0.415. The molecule has 0 aliphatic carbocycles. The fraction of sp³-hybridized carbons (Fsp3) is 0.174. The third-order valence-corrected chi connectivity index (χ3v) is 5.68. The maximum Gasteiger partial charge on any atom is 0.119 e. The van der Waals surface area contributed by atoms with Crippen LogP contribution in [0.5, 0.6) is 11.5 Å². The third-order valence-electron chi connectivity index (χ3n) is 4.77. The van der Waals surface area contributed by atoms with Crippen molar-refractivity contribution >= 4 is 27.9 Å². The molecule has 1 N–H and O–H groups in total. The van der Waals surface area contributed by atoms with E-state index in [4.69, 9.17) is 14.5 Å². The number of anilines is 1. The fourth-order valence-corrected chi connectivity index (χ4v) is 4.00. The van der Waals surface area contributed by atoms with E-state index >= 15 is 0 Å². The highest BCUT2D eigenvalue weighted by atomic mass is 32.1. The summed E-state index contributed by atoms with van der Waals surface area (Å²) in [5.41, 5.74) is 4.11. The number of nitriles is 1. The molecular formula is C23H20N4O2S. The molecule has 0 amide bonds. The molecule has 30 heavy (non-hydrogen) atoms. The van der Waals surface area contributed by atoms with Gasteiger partial charge in [-0.2, -0.15) is 5.26 Å². The smallest absolute Gasteiger partial charge is 0.119 e. The molecule has 150 valence electrons. The molecule has 4 aromatic rings. The number of thiazole rings is 1. The van der Waals surface area contributed by atoms with Crippen molar-refractivity contribution in [1.29, 1.82) is 5.26 Å². The van der Waals surface area contributed by atoms with Gasteiger partial charge in [0.2, 0.25) is 0 Å². The van der Waals surface area contributed by atoms with E-state index < -0.39 is 0 Å². The molecule has 0 fully saturated rings. The first kappa shape index (κ1) is 19.7. The molecule has 7 heteroatoms. The van der Waals surface area contributed by atoms with Crippen molar-refractivity contribution in [2.45, 2.75) is 6.42 Å². The van der Waals surface area contributed by atoms with E-state index in [1.54, 1.807) is 31.8 Å². The van der Waals surface area contributed by atoms with Gasteiger partial charge in [-0.05, 0) is 42.5 Å². The first-order valence-corrected chi connectivity index (χ1v) is 10.3. The predicted molar refractivity (Wildman–Crippen MR) is 119 cm³/mol. The molecule has 0 aliphatic heterocycles. The lowest BCUT2D eigenvalue weighted by atomic mass is 10.1. The third kappa shape index (κ3) is 4.04. The highest BCUT2D eigenvalue weighted by molar-refractivity contribution is 7.09. The number of nitrogens with zero attached hydrogens (tertiary/aromatic N) is 3. The molecule has 2 aromatic heterocycles. The van der Waals surface area contributed by atoms with Crippen molar-refractivity contribution in [3.05, 3.63) is 64.6 Å². The van der Waals surface area contributed by atoms with Gasteiger partial charge >= 0.3 is 0 Å². The van der Waals surface area contributed by atoms with Crippen LogP contribution in [-0.2, 0) is 6.42 Å². The van der Waals surface area contributed by atoms with Crippen molar-refractivity contribution in [2.24, 2.45) is 0 Å². The number of hydrogen-bond donors (Lipinski definition) is 1. The fourth-order valence-electron chi connectivity index (χ4n) is 3.19. The molecule has 0 aliphatic rings. The van der Waals surface area contributed by atoms with Crippen LogP contribution in [0, 0.1) is 11.3 Å². The first-order chi connectivity index (χ1) is 14.7. The van der Waals surface area contributed by atoms with Crippen LogP contribution in [0.3, 0.4) is 0 Å². The van der Waals surface area contributed by atoms with Gasteiger partial charge in [0.25, 0.3) is 0 Å². The van der Waals surface area contributed by atoms with Crippen LogP contribution in [0.15, 0.2) is 54.0 Å². The summed E-state index contributed by atoms with van der Waals surface area (Å²) < 4.78 is 10.5. The molecule has 2 heterocycles. The van der Waals surface area contributed by atoms with Gasteiger partial charge in [0.15, 0.2) is 0 Å². The van der Waals surface area contributed by atoms with E-state index in [-0.39, 0.29) is 0 Å². The number of ether oxygens (including phenoxy) is 2. The van der Waals surface area contributed by atoms with Gasteiger partial charge in [-0.15, -0.1) is 11.3 Å². The van der Waals surface area contributed by atoms with E-state index in [1.165, 1.54) is 0 Å². The Bertz CT molecular complexity index is 1210. The Morgan fingerprint density at radius 2 is 1.83 bits per heavy atom. The molecule has 0 spiro atoms. The van der Waals surface area contributed by atoms with E-state index in [9.17, 15) is 5.26 Å². The van der Waals surface area contributed by atoms with Crippen LogP contribution in [0.25, 0.3) is 22.2 Å². The number of nitrogens with one attached hydrogen (secondary N) is 1. The average Bonchev–Trinajstić information content (AvgIpc) is 3.27. The minimum atomic E-state index is 0.508. The summed E-state index contributed by atoms with van der Waals surface area (Å²) in [6, 6.07) is 15.7. The standard InChI is InChI=1S/C23H20N4O2S/c1-28-17-5-3-15(4-6-17)21-14-30-22(27-21)9-10-25-23-16(12-24)13-26-20-8-7-18(29-2)11-19(20)23/h3-8,11,13-14H,9-10H2,1-2H3,(H,25,26). The second-order valence-electron chi connectivity index (χ2n) is 6.57. The quantitative estimate of drug-likeness (QED) is 0.461. The van der Waals surface area contributed by atoms with Crippen molar-refractivity contribution in [1.82, 2.24) is 9.97 Å². The SMILES string of the molecule is COc1ccc(-c2csc(CCNc3c(C#N)cnc4ccc(OC)cc34)n2)cc1. The van der Waals surface area contributed by atoms with Crippen LogP contribution < -0.4 is 14.8 Å². The van der Waals surface area contributed by atoms with Crippen molar-refractivity contribution in [2.75, 3.05) is 26.1 Å². The lowest BCUT2D eigenvalue weighted by Crippen LogP contribution is -2.07. The van der Waals surface area contributed by atoms with Gasteiger partial charge in [-0.25, -0.2) is 4.98 Å². The zero-order chi connectivity index (χ0) is 20.9. The maximum absolute atomic E-state index is 9.51. The van der Waals surface area contributed by atoms with E-state index in [0.717, 1.165) is 50.8 Å². The number of methoxy groups -OCH3 is 2. The van der Waals surface area contributed by atoms with E-state index in [1.807, 2.05) is 42.5 Å². The normalized spacial score (nSPS) is 10.6. The number of fused-ring (bicyclic) bond motifs is 1. The highest BCUT2D eigenvalue weighted by Crippen LogP contribution is 2.29. The van der Waals surface area contributed by atoms with Crippen LogP contribution in [0.4, 0.5) is 5.69 Å². The minimum Gasteiger partial charge on any atom is -0.497 e. The molecule has 0 unspecified atom stereocenters. The average molecular weight is 417 g/mol. The van der Waals surface area contributed by atoms with Crippen LogP contribution in [0.2, 0.25) is 0 Å². The monoisotopic (exact) mass is 416 g/mol. The summed E-state index contributed by atoms with van der Waals surface area (Å²) in [4.78, 5) is 9.11. The Labute approximate surface area is 178 Å². The summed E-state index contributed by atoms with van der Waals surface area (Å²) in [6.45, 7) is 0.653. The molecule has 6 nitrogen and oxygen atoms in total. The van der Waals surface area contributed by atoms with Crippen LogP contribution >= 0.6 is 11.3 Å². The lowest BCUT2D eigenvalue weighted by Gasteiger charge is -2.11. The Morgan fingerprint density at radius 1 is 1.07 bits per heavy atom. The number of benzene rings is 2. The van der Waals surface area contributed by atoms with Crippen molar-refractivity contribution < 1.29 is 9.47 Å². The summed E-state index contributed by atoms with van der Waals surface area (Å²) in [6.07, 6.45) is 2.35. The van der Waals surface area contributed by atoms with Crippen LogP contribution in [-0.4, -0.2) is 30.7 Å². The maximum atomic E-state index is 9.51. The topological polar surface area (TPSA) is 80.1 Å². The first-order valence-electron chi connectivity index (χ1n) is 9.41. The highest BCUT2D eigenvalue weighted by Gasteiger charge is 2.11. The Morgan fingerprint density at radius 3 is 2.57 bits per heavy atom. The summed E-state index contributed by atoms with van der Waals surface area (Å²) in [5.74, 6) is 1.56. The molecule has 4 rings (SSSR count). The van der Waals surface area contributed by atoms with E-state index in [0.29, 0.717) is 12.1 Å². The number of pyridine rings is 1. The molecule has 0 saturated carbocycles. The molecule has 0 saturated heterocycles. The molecule has 0 radical (unpaired) electrons. The minimum absolute atomic E-state index is 0.508. The molecule has 0 bridgehead atoms. The summed E-state index contributed by atoms with van der Waals surface area (Å²) >= 11 is 1.63. The van der Waals surface area contributed by atoms with Crippen molar-refractivity contribution in [3.63, 3.8) is 0 Å². The second kappa shape index (κ2) is 8.80.